The van der Waals surface area contributed by atoms with E-state index >= 15 is 0 Å². The summed E-state index contributed by atoms with van der Waals surface area (Å²) in [4.78, 5) is 11.1. The topological polar surface area (TPSA) is 26.3 Å². The lowest BCUT2D eigenvalue weighted by atomic mass is 9.80. The van der Waals surface area contributed by atoms with Gasteiger partial charge in [0.15, 0.2) is 0 Å². The molecule has 1 unspecified atom stereocenters. The number of ether oxygens (including phenoxy) is 1. The van der Waals surface area contributed by atoms with Crippen LogP contribution in [0, 0.1) is 5.41 Å². The molecule has 2 rings (SSSR count). The van der Waals surface area contributed by atoms with Gasteiger partial charge in [-0.15, -0.1) is 0 Å². The molecule has 0 amide bonds. The average Bonchev–Trinajstić information content (AvgIpc) is 2.29. The second-order valence-corrected chi connectivity index (χ2v) is 5.98. The van der Waals surface area contributed by atoms with Gasteiger partial charge < -0.3 is 4.74 Å². The van der Waals surface area contributed by atoms with Crippen molar-refractivity contribution < 1.29 is 9.53 Å². The Morgan fingerprint density at radius 1 is 1.38 bits per heavy atom. The molecule has 3 heteroatoms. The van der Waals surface area contributed by atoms with Crippen molar-refractivity contribution in [3.05, 3.63) is 0 Å². The van der Waals surface area contributed by atoms with Crippen LogP contribution in [0.3, 0.4) is 0 Å². The van der Waals surface area contributed by atoms with Crippen LogP contribution in [0.5, 0.6) is 0 Å². The summed E-state index contributed by atoms with van der Waals surface area (Å²) in [6, 6.07) is 0. The Hall–Kier alpha value is -0.180. The van der Waals surface area contributed by atoms with E-state index in [1.54, 1.807) is 0 Å². The summed E-state index contributed by atoms with van der Waals surface area (Å²) in [5.74, 6) is 2.19. The van der Waals surface area contributed by atoms with Crippen LogP contribution in [-0.4, -0.2) is 23.1 Å². The molecule has 2 saturated heterocycles. The maximum absolute atomic E-state index is 11.1. The maximum Gasteiger partial charge on any atom is 0.306 e. The standard InChI is InChI=1S/C10H16O2S/c1-9(2)5-10(7-13-6-9)4-3-8(11)12-10/h3-7H2,1-2H3. The number of carbonyl (C=O) groups excluding carboxylic acids is 1. The summed E-state index contributed by atoms with van der Waals surface area (Å²) in [5, 5.41) is 0. The number of rotatable bonds is 0. The van der Waals surface area contributed by atoms with E-state index in [4.69, 9.17) is 4.74 Å². The Bertz CT molecular complexity index is 237. The van der Waals surface area contributed by atoms with Crippen LogP contribution in [-0.2, 0) is 9.53 Å². The average molecular weight is 200 g/mol. The Labute approximate surface area is 83.4 Å². The minimum absolute atomic E-state index is 0.00157. The van der Waals surface area contributed by atoms with Crippen LogP contribution in [0.4, 0.5) is 0 Å². The van der Waals surface area contributed by atoms with Crippen LogP contribution in [0.1, 0.15) is 33.1 Å². The van der Waals surface area contributed by atoms with Crippen molar-refractivity contribution in [3.63, 3.8) is 0 Å². The highest BCUT2D eigenvalue weighted by atomic mass is 32.2. The highest BCUT2D eigenvalue weighted by Gasteiger charge is 2.46. The molecule has 0 aliphatic carbocycles. The molecule has 1 atom stereocenters. The van der Waals surface area contributed by atoms with Crippen LogP contribution >= 0.6 is 11.8 Å². The van der Waals surface area contributed by atoms with Gasteiger partial charge in [0.25, 0.3) is 0 Å². The molecule has 1 spiro atoms. The lowest BCUT2D eigenvalue weighted by Crippen LogP contribution is -2.42. The van der Waals surface area contributed by atoms with Crippen molar-refractivity contribution in [2.45, 2.75) is 38.7 Å². The van der Waals surface area contributed by atoms with Gasteiger partial charge in [0, 0.05) is 12.2 Å². The van der Waals surface area contributed by atoms with Gasteiger partial charge >= 0.3 is 5.97 Å². The lowest BCUT2D eigenvalue weighted by Gasteiger charge is -2.40. The molecular weight excluding hydrogens is 184 g/mol. The highest BCUT2D eigenvalue weighted by Crippen LogP contribution is 2.45. The Kier molecular flexibility index (Phi) is 2.10. The van der Waals surface area contributed by atoms with Gasteiger partial charge in [0.1, 0.15) is 5.60 Å². The van der Waals surface area contributed by atoms with E-state index in [1.165, 1.54) is 5.75 Å². The Morgan fingerprint density at radius 2 is 2.15 bits per heavy atom. The van der Waals surface area contributed by atoms with E-state index in [1.807, 2.05) is 11.8 Å². The van der Waals surface area contributed by atoms with Gasteiger partial charge in [-0.25, -0.2) is 0 Å². The van der Waals surface area contributed by atoms with Crippen molar-refractivity contribution in [3.8, 4) is 0 Å². The number of thioether (sulfide) groups is 1. The molecule has 0 bridgehead atoms. The van der Waals surface area contributed by atoms with Crippen molar-refractivity contribution in [1.29, 1.82) is 0 Å². The summed E-state index contributed by atoms with van der Waals surface area (Å²) in [6.45, 7) is 4.51. The number of hydrogen-bond donors (Lipinski definition) is 0. The predicted molar refractivity (Wildman–Crippen MR) is 53.8 cm³/mol. The first kappa shape index (κ1) is 9.38. The smallest absolute Gasteiger partial charge is 0.306 e. The molecule has 2 heterocycles. The zero-order valence-corrected chi connectivity index (χ0v) is 9.08. The molecule has 13 heavy (non-hydrogen) atoms. The number of hydrogen-bond acceptors (Lipinski definition) is 3. The van der Waals surface area contributed by atoms with Gasteiger partial charge in [-0.3, -0.25) is 4.79 Å². The summed E-state index contributed by atoms with van der Waals surface area (Å²) in [7, 11) is 0. The SMILES string of the molecule is CC1(C)CSCC2(CCC(=O)O2)C1. The number of esters is 1. The molecule has 0 radical (unpaired) electrons. The zero-order valence-electron chi connectivity index (χ0n) is 8.26. The van der Waals surface area contributed by atoms with Crippen LogP contribution in [0.25, 0.3) is 0 Å². The molecular formula is C10H16O2S. The van der Waals surface area contributed by atoms with Gasteiger partial charge in [-0.05, 0) is 24.0 Å². The van der Waals surface area contributed by atoms with Gasteiger partial charge in [0.2, 0.25) is 0 Å². The van der Waals surface area contributed by atoms with Gasteiger partial charge in [-0.2, -0.15) is 11.8 Å². The van der Waals surface area contributed by atoms with E-state index in [0.717, 1.165) is 18.6 Å². The molecule has 2 nitrogen and oxygen atoms in total. The fourth-order valence-corrected chi connectivity index (χ4v) is 3.82. The maximum atomic E-state index is 11.1. The summed E-state index contributed by atoms with van der Waals surface area (Å²) >= 11 is 1.92. The first-order valence-electron chi connectivity index (χ1n) is 4.81. The first-order chi connectivity index (χ1) is 6.02. The second kappa shape index (κ2) is 2.91. The molecule has 0 aromatic rings. The van der Waals surface area contributed by atoms with Crippen molar-refractivity contribution in [2.75, 3.05) is 11.5 Å². The Morgan fingerprint density at radius 3 is 2.69 bits per heavy atom. The monoisotopic (exact) mass is 200 g/mol. The third kappa shape index (κ3) is 1.85. The fourth-order valence-electron chi connectivity index (χ4n) is 2.39. The number of carbonyl (C=O) groups is 1. The third-order valence-corrected chi connectivity index (χ3v) is 4.49. The zero-order chi connectivity index (χ0) is 9.53. The second-order valence-electron chi connectivity index (χ2n) is 4.99. The molecule has 0 N–H and O–H groups in total. The van der Waals surface area contributed by atoms with E-state index in [2.05, 4.69) is 13.8 Å². The normalized spacial score (nSPS) is 37.8. The molecule has 2 fully saturated rings. The predicted octanol–water partition coefficient (Wildman–Crippen LogP) is 2.23. The molecule has 2 aliphatic heterocycles. The van der Waals surface area contributed by atoms with E-state index < -0.39 is 0 Å². The highest BCUT2D eigenvalue weighted by molar-refractivity contribution is 7.99. The molecule has 74 valence electrons. The third-order valence-electron chi connectivity index (χ3n) is 2.77. The summed E-state index contributed by atoms with van der Waals surface area (Å²) in [5.41, 5.74) is 0.219. The van der Waals surface area contributed by atoms with Crippen molar-refractivity contribution in [1.82, 2.24) is 0 Å². The van der Waals surface area contributed by atoms with Crippen LogP contribution in [0.15, 0.2) is 0 Å². The van der Waals surface area contributed by atoms with E-state index in [0.29, 0.717) is 11.8 Å². The van der Waals surface area contributed by atoms with E-state index in [9.17, 15) is 4.79 Å². The van der Waals surface area contributed by atoms with Crippen LogP contribution < -0.4 is 0 Å². The fraction of sp³-hybridized carbons (Fsp3) is 0.900. The minimum atomic E-state index is -0.108. The molecule has 0 aromatic carbocycles. The van der Waals surface area contributed by atoms with E-state index in [-0.39, 0.29) is 11.6 Å². The molecule has 0 aromatic heterocycles. The first-order valence-corrected chi connectivity index (χ1v) is 5.97. The minimum Gasteiger partial charge on any atom is -0.458 e. The van der Waals surface area contributed by atoms with Gasteiger partial charge in [0.05, 0.1) is 0 Å². The van der Waals surface area contributed by atoms with Gasteiger partial charge in [-0.1, -0.05) is 13.8 Å². The largest absolute Gasteiger partial charge is 0.458 e. The van der Waals surface area contributed by atoms with Crippen LogP contribution in [0.2, 0.25) is 0 Å². The molecule has 0 saturated carbocycles. The Balaban J connectivity index is 2.11. The quantitative estimate of drug-likeness (QED) is 0.561. The summed E-state index contributed by atoms with van der Waals surface area (Å²) in [6.07, 6.45) is 2.59. The molecule has 2 aliphatic rings. The lowest BCUT2D eigenvalue weighted by molar-refractivity contribution is -0.148. The van der Waals surface area contributed by atoms with Crippen molar-refractivity contribution >= 4 is 17.7 Å². The van der Waals surface area contributed by atoms with Crippen molar-refractivity contribution in [2.24, 2.45) is 5.41 Å². The summed E-state index contributed by atoms with van der Waals surface area (Å²) < 4.78 is 5.47.